The minimum Gasteiger partial charge on any atom is -0.862 e. The summed E-state index contributed by atoms with van der Waals surface area (Å²) in [6.45, 7) is 2.15. The van der Waals surface area contributed by atoms with Gasteiger partial charge in [-0.25, -0.2) is 0 Å². The van der Waals surface area contributed by atoms with E-state index in [2.05, 4.69) is 18.0 Å². The summed E-state index contributed by atoms with van der Waals surface area (Å²) < 4.78 is 0. The molecule has 1 N–H and O–H groups in total. The molecule has 16 heavy (non-hydrogen) atoms. The van der Waals surface area contributed by atoms with Gasteiger partial charge in [0.05, 0.1) is 6.42 Å². The Labute approximate surface area is 119 Å². The van der Waals surface area contributed by atoms with Crippen LogP contribution in [0.1, 0.15) is 39.0 Å². The standard InChI is InChI=1S/C11H19NO3.Na/c1-2-3-4-5-6-7-10(13)12-9-8-11(14)15;/h3-4H,2,5-9H2,1H3,(H,12,13)(H,14,15);/q;+1/p-1/b4-3+;. The Kier molecular flexibility index (Phi) is 14.4. The van der Waals surface area contributed by atoms with Crippen LogP contribution in [-0.2, 0) is 4.79 Å². The van der Waals surface area contributed by atoms with Gasteiger partial charge in [-0.1, -0.05) is 19.1 Å². The second-order valence-electron chi connectivity index (χ2n) is 3.19. The van der Waals surface area contributed by atoms with Crippen LogP contribution in [0.3, 0.4) is 0 Å². The summed E-state index contributed by atoms with van der Waals surface area (Å²) in [6, 6.07) is 0. The fourth-order valence-electron chi connectivity index (χ4n) is 1.01. The average Bonchev–Trinajstić information content (AvgIpc) is 2.17. The fraction of sp³-hybridized carbons (Fsp3) is 0.636. The number of carboxylic acid groups (broad SMARTS) is 1. The molecular formula is C11H18NNaO3. The quantitative estimate of drug-likeness (QED) is 0.180. The number of hydrogen-bond acceptors (Lipinski definition) is 3. The largest absolute Gasteiger partial charge is 1.00 e. The van der Waals surface area contributed by atoms with Crippen molar-refractivity contribution in [2.24, 2.45) is 4.99 Å². The van der Waals surface area contributed by atoms with Crippen LogP contribution in [0.15, 0.2) is 17.1 Å². The molecule has 0 rings (SSSR count). The molecule has 0 aromatic carbocycles. The third kappa shape index (κ3) is 13.7. The summed E-state index contributed by atoms with van der Waals surface area (Å²) in [5.74, 6) is -1.11. The maximum Gasteiger partial charge on any atom is 1.00 e. The van der Waals surface area contributed by atoms with Crippen molar-refractivity contribution in [2.75, 3.05) is 6.54 Å². The molecule has 0 spiro atoms. The zero-order chi connectivity index (χ0) is 11.5. The van der Waals surface area contributed by atoms with Gasteiger partial charge in [-0.2, -0.15) is 0 Å². The summed E-state index contributed by atoms with van der Waals surface area (Å²) in [5.41, 5.74) is 0. The van der Waals surface area contributed by atoms with Crippen LogP contribution in [0, 0.1) is 0 Å². The van der Waals surface area contributed by atoms with Crippen molar-refractivity contribution in [3.8, 4) is 0 Å². The first kappa shape index (κ1) is 18.1. The van der Waals surface area contributed by atoms with Crippen LogP contribution in [-0.4, -0.2) is 23.5 Å². The molecule has 0 heterocycles. The molecule has 4 nitrogen and oxygen atoms in total. The van der Waals surface area contributed by atoms with E-state index in [1.54, 1.807) is 0 Å². The van der Waals surface area contributed by atoms with Gasteiger partial charge in [-0.3, -0.25) is 4.79 Å². The van der Waals surface area contributed by atoms with Crippen molar-refractivity contribution in [2.45, 2.75) is 39.0 Å². The SMILES string of the molecule is CC/C=C/CCCC([O-])=NCCC(=O)O.[Na+]. The monoisotopic (exact) mass is 235 g/mol. The van der Waals surface area contributed by atoms with Crippen LogP contribution in [0.2, 0.25) is 0 Å². The van der Waals surface area contributed by atoms with Gasteiger partial charge in [-0.15, -0.1) is 0 Å². The Morgan fingerprint density at radius 2 is 2.06 bits per heavy atom. The zero-order valence-electron chi connectivity index (χ0n) is 10.1. The molecule has 0 unspecified atom stereocenters. The van der Waals surface area contributed by atoms with Gasteiger partial charge in [0, 0.05) is 6.54 Å². The minimum absolute atomic E-state index is 0. The second kappa shape index (κ2) is 12.7. The van der Waals surface area contributed by atoms with Gasteiger partial charge in [0.2, 0.25) is 0 Å². The summed E-state index contributed by atoms with van der Waals surface area (Å²) in [7, 11) is 0. The van der Waals surface area contributed by atoms with E-state index in [1.807, 2.05) is 6.08 Å². The number of allylic oxidation sites excluding steroid dienone is 2. The van der Waals surface area contributed by atoms with Crippen molar-refractivity contribution in [1.82, 2.24) is 0 Å². The second-order valence-corrected chi connectivity index (χ2v) is 3.19. The van der Waals surface area contributed by atoms with E-state index in [0.29, 0.717) is 6.42 Å². The summed E-state index contributed by atoms with van der Waals surface area (Å²) >= 11 is 0. The summed E-state index contributed by atoms with van der Waals surface area (Å²) in [5, 5.41) is 19.4. The van der Waals surface area contributed by atoms with Crippen LogP contribution in [0.25, 0.3) is 0 Å². The van der Waals surface area contributed by atoms with Gasteiger partial charge < -0.3 is 15.2 Å². The molecule has 0 bridgehead atoms. The fourth-order valence-corrected chi connectivity index (χ4v) is 1.01. The third-order valence-electron chi connectivity index (χ3n) is 1.78. The minimum atomic E-state index is -0.919. The number of unbranched alkanes of at least 4 members (excludes halogenated alkanes) is 1. The normalized spacial score (nSPS) is 11.4. The van der Waals surface area contributed by atoms with Gasteiger partial charge in [0.1, 0.15) is 0 Å². The third-order valence-corrected chi connectivity index (χ3v) is 1.78. The summed E-state index contributed by atoms with van der Waals surface area (Å²) in [4.78, 5) is 13.8. The molecule has 0 aliphatic rings. The van der Waals surface area contributed by atoms with Crippen LogP contribution >= 0.6 is 0 Å². The average molecular weight is 235 g/mol. The number of carboxylic acids is 1. The van der Waals surface area contributed by atoms with Crippen molar-refractivity contribution in [1.29, 1.82) is 0 Å². The molecule has 0 fully saturated rings. The first-order valence-electron chi connectivity index (χ1n) is 5.24. The Hall–Kier alpha value is -0.320. The molecule has 0 radical (unpaired) electrons. The first-order valence-corrected chi connectivity index (χ1v) is 5.24. The topological polar surface area (TPSA) is 72.7 Å². The van der Waals surface area contributed by atoms with Crippen LogP contribution < -0.4 is 34.7 Å². The molecule has 0 amide bonds. The molecule has 5 heteroatoms. The molecule has 0 saturated heterocycles. The maximum absolute atomic E-state index is 11.1. The predicted octanol–water partition coefficient (Wildman–Crippen LogP) is -1.64. The Morgan fingerprint density at radius 3 is 2.62 bits per heavy atom. The smallest absolute Gasteiger partial charge is 0.862 e. The van der Waals surface area contributed by atoms with E-state index < -0.39 is 5.97 Å². The molecule has 0 aliphatic heterocycles. The van der Waals surface area contributed by atoms with E-state index in [0.717, 1.165) is 19.3 Å². The van der Waals surface area contributed by atoms with Gasteiger partial charge >= 0.3 is 35.5 Å². The number of carbonyl (C=O) groups is 1. The predicted molar refractivity (Wildman–Crippen MR) is 57.8 cm³/mol. The van der Waals surface area contributed by atoms with E-state index in [4.69, 9.17) is 5.11 Å². The number of hydrogen-bond donors (Lipinski definition) is 1. The number of nitrogens with zero attached hydrogens (tertiary/aromatic N) is 1. The summed E-state index contributed by atoms with van der Waals surface area (Å²) in [6.07, 6.45) is 7.13. The van der Waals surface area contributed by atoms with Crippen molar-refractivity contribution in [3.05, 3.63) is 12.2 Å². The molecule has 0 saturated carbocycles. The Morgan fingerprint density at radius 1 is 1.38 bits per heavy atom. The van der Waals surface area contributed by atoms with Gasteiger partial charge in [-0.05, 0) is 31.6 Å². The van der Waals surface area contributed by atoms with E-state index in [9.17, 15) is 9.90 Å². The molecule has 0 aromatic rings. The first-order chi connectivity index (χ1) is 7.16. The van der Waals surface area contributed by atoms with Crippen molar-refractivity contribution < 1.29 is 44.6 Å². The Balaban J connectivity index is 0. The van der Waals surface area contributed by atoms with E-state index >= 15 is 0 Å². The molecule has 0 aromatic heterocycles. The van der Waals surface area contributed by atoms with Gasteiger partial charge in [0.15, 0.2) is 0 Å². The van der Waals surface area contributed by atoms with Gasteiger partial charge in [0.25, 0.3) is 0 Å². The van der Waals surface area contributed by atoms with Crippen molar-refractivity contribution >= 4 is 11.9 Å². The van der Waals surface area contributed by atoms with Crippen LogP contribution in [0.4, 0.5) is 0 Å². The van der Waals surface area contributed by atoms with Crippen molar-refractivity contribution in [3.63, 3.8) is 0 Å². The molecule has 86 valence electrons. The molecule has 0 atom stereocenters. The van der Waals surface area contributed by atoms with E-state index in [1.165, 1.54) is 0 Å². The zero-order valence-corrected chi connectivity index (χ0v) is 12.1. The molecule has 0 aliphatic carbocycles. The maximum atomic E-state index is 11.1. The number of aliphatic imine (C=N–C) groups is 1. The molecular weight excluding hydrogens is 217 g/mol. The number of aliphatic carboxylic acids is 1. The van der Waals surface area contributed by atoms with E-state index in [-0.39, 0.29) is 48.4 Å². The number of rotatable bonds is 8. The Bertz CT molecular complexity index is 239. The van der Waals surface area contributed by atoms with Crippen LogP contribution in [0.5, 0.6) is 0 Å².